The quantitative estimate of drug-likeness (QED) is 0.645. The maximum atomic E-state index is 12.5. The lowest BCUT2D eigenvalue weighted by atomic mass is 10.00. The highest BCUT2D eigenvalue weighted by Gasteiger charge is 2.22. The third-order valence-electron chi connectivity index (χ3n) is 5.15. The summed E-state index contributed by atoms with van der Waals surface area (Å²) in [7, 11) is 0. The van der Waals surface area contributed by atoms with Crippen LogP contribution in [0.3, 0.4) is 0 Å². The number of nitrogens with one attached hydrogen (secondary N) is 1. The van der Waals surface area contributed by atoms with E-state index < -0.39 is 0 Å². The Morgan fingerprint density at radius 3 is 2.85 bits per heavy atom. The fraction of sp³-hybridized carbons (Fsp3) is 0.333. The second-order valence-corrected chi connectivity index (χ2v) is 6.91. The Bertz CT molecular complexity index is 865. The Kier molecular flexibility index (Phi) is 4.96. The molecule has 1 amide bonds. The van der Waals surface area contributed by atoms with Gasteiger partial charge >= 0.3 is 0 Å². The maximum Gasteiger partial charge on any atom is 0.244 e. The van der Waals surface area contributed by atoms with Crippen molar-refractivity contribution < 1.29 is 9.53 Å². The number of rotatable bonds is 3. The van der Waals surface area contributed by atoms with E-state index in [1.165, 1.54) is 11.1 Å². The highest BCUT2D eigenvalue weighted by molar-refractivity contribution is 5.84. The fourth-order valence-corrected chi connectivity index (χ4v) is 3.68. The van der Waals surface area contributed by atoms with Crippen molar-refractivity contribution in [1.29, 1.82) is 0 Å². The first-order valence-electron chi connectivity index (χ1n) is 9.33. The second-order valence-electron chi connectivity index (χ2n) is 6.91. The van der Waals surface area contributed by atoms with Gasteiger partial charge in [0.05, 0.1) is 12.6 Å². The molecular weight excluding hydrogens is 340 g/mol. The number of nitrogens with two attached hydrogens (primary N) is 1. The van der Waals surface area contributed by atoms with Gasteiger partial charge in [0.15, 0.2) is 5.96 Å². The van der Waals surface area contributed by atoms with Gasteiger partial charge in [-0.05, 0) is 23.6 Å². The zero-order valence-electron chi connectivity index (χ0n) is 15.2. The Morgan fingerprint density at radius 2 is 1.96 bits per heavy atom. The number of guanidine groups is 1. The Morgan fingerprint density at radius 1 is 1.19 bits per heavy atom. The minimum atomic E-state index is 0.00151. The summed E-state index contributed by atoms with van der Waals surface area (Å²) in [6.45, 7) is 2.07. The van der Waals surface area contributed by atoms with E-state index in [-0.39, 0.29) is 18.5 Å². The van der Waals surface area contributed by atoms with E-state index in [0.29, 0.717) is 19.1 Å². The predicted octanol–water partition coefficient (Wildman–Crippen LogP) is 2.00. The number of para-hydroxylation sites is 1. The normalized spacial score (nSPS) is 18.9. The molecule has 2 aliphatic rings. The molecule has 0 saturated carbocycles. The summed E-state index contributed by atoms with van der Waals surface area (Å²) < 4.78 is 5.66. The van der Waals surface area contributed by atoms with Crippen LogP contribution in [0.2, 0.25) is 0 Å². The second kappa shape index (κ2) is 7.70. The maximum absolute atomic E-state index is 12.5. The number of nitrogens with zero attached hydrogens (tertiary/aromatic N) is 2. The summed E-state index contributed by atoms with van der Waals surface area (Å²) in [5, 5.41) is 3.23. The number of hydrogen-bond donors (Lipinski definition) is 2. The van der Waals surface area contributed by atoms with Gasteiger partial charge < -0.3 is 20.7 Å². The predicted molar refractivity (Wildman–Crippen MR) is 104 cm³/mol. The summed E-state index contributed by atoms with van der Waals surface area (Å²) in [4.78, 5) is 18.6. The van der Waals surface area contributed by atoms with Crippen LogP contribution in [-0.4, -0.2) is 36.5 Å². The Labute approximate surface area is 159 Å². The van der Waals surface area contributed by atoms with Crippen molar-refractivity contribution in [3.63, 3.8) is 0 Å². The first-order chi connectivity index (χ1) is 13.2. The molecule has 2 aromatic carbocycles. The number of amides is 1. The zero-order valence-corrected chi connectivity index (χ0v) is 15.2. The Balaban J connectivity index is 1.35. The van der Waals surface area contributed by atoms with Gasteiger partial charge in [0.25, 0.3) is 0 Å². The number of ether oxygens (including phenoxy) is 1. The number of fused-ring (bicyclic) bond motifs is 2. The van der Waals surface area contributed by atoms with Gasteiger partial charge in [-0.1, -0.05) is 42.5 Å². The SMILES string of the molecule is NC(=NCC(=O)N1CCc2ccccc2C1)NC1CCOc2ccccc21. The number of carbonyl (C=O) groups is 1. The molecule has 3 N–H and O–H groups in total. The van der Waals surface area contributed by atoms with Gasteiger partial charge in [0.1, 0.15) is 12.3 Å². The van der Waals surface area contributed by atoms with E-state index in [9.17, 15) is 4.79 Å². The smallest absolute Gasteiger partial charge is 0.244 e. The van der Waals surface area contributed by atoms with Crippen LogP contribution in [-0.2, 0) is 17.8 Å². The molecule has 140 valence electrons. The molecule has 0 radical (unpaired) electrons. The minimum Gasteiger partial charge on any atom is -0.493 e. The summed E-state index contributed by atoms with van der Waals surface area (Å²) in [5.41, 5.74) is 9.65. The molecule has 27 heavy (non-hydrogen) atoms. The van der Waals surface area contributed by atoms with Crippen LogP contribution in [0, 0.1) is 0 Å². The van der Waals surface area contributed by atoms with Crippen molar-refractivity contribution in [2.24, 2.45) is 10.7 Å². The molecular formula is C21H24N4O2. The third kappa shape index (κ3) is 3.89. The van der Waals surface area contributed by atoms with E-state index >= 15 is 0 Å². The van der Waals surface area contributed by atoms with Crippen LogP contribution in [0.1, 0.15) is 29.2 Å². The minimum absolute atomic E-state index is 0.00151. The van der Waals surface area contributed by atoms with E-state index in [1.807, 2.05) is 41.3 Å². The van der Waals surface area contributed by atoms with Gasteiger partial charge in [-0.15, -0.1) is 0 Å². The van der Waals surface area contributed by atoms with Crippen molar-refractivity contribution in [1.82, 2.24) is 10.2 Å². The van der Waals surface area contributed by atoms with Gasteiger partial charge in [0.2, 0.25) is 5.91 Å². The van der Waals surface area contributed by atoms with Crippen LogP contribution in [0.25, 0.3) is 0 Å². The largest absolute Gasteiger partial charge is 0.493 e. The first-order valence-corrected chi connectivity index (χ1v) is 9.33. The summed E-state index contributed by atoms with van der Waals surface area (Å²) >= 11 is 0. The molecule has 0 aromatic heterocycles. The fourth-order valence-electron chi connectivity index (χ4n) is 3.68. The number of benzene rings is 2. The number of hydrogen-bond acceptors (Lipinski definition) is 3. The molecule has 0 bridgehead atoms. The lowest BCUT2D eigenvalue weighted by Crippen LogP contribution is -2.40. The molecule has 4 rings (SSSR count). The van der Waals surface area contributed by atoms with E-state index in [1.54, 1.807) is 0 Å². The summed E-state index contributed by atoms with van der Waals surface area (Å²) in [6, 6.07) is 16.2. The molecule has 1 atom stereocenters. The van der Waals surface area contributed by atoms with E-state index in [4.69, 9.17) is 10.5 Å². The van der Waals surface area contributed by atoms with Crippen LogP contribution in [0.15, 0.2) is 53.5 Å². The lowest BCUT2D eigenvalue weighted by molar-refractivity contribution is -0.130. The van der Waals surface area contributed by atoms with Crippen molar-refractivity contribution >= 4 is 11.9 Å². The Hall–Kier alpha value is -3.02. The molecule has 1 unspecified atom stereocenters. The highest BCUT2D eigenvalue weighted by atomic mass is 16.5. The van der Waals surface area contributed by atoms with Crippen LogP contribution >= 0.6 is 0 Å². The molecule has 6 heteroatoms. The van der Waals surface area contributed by atoms with Gasteiger partial charge in [-0.25, -0.2) is 4.99 Å². The molecule has 2 heterocycles. The monoisotopic (exact) mass is 364 g/mol. The van der Waals surface area contributed by atoms with Crippen molar-refractivity contribution in [3.8, 4) is 5.75 Å². The van der Waals surface area contributed by atoms with Crippen LogP contribution in [0.5, 0.6) is 5.75 Å². The topological polar surface area (TPSA) is 80.0 Å². The molecule has 2 aliphatic heterocycles. The van der Waals surface area contributed by atoms with Crippen LogP contribution < -0.4 is 15.8 Å². The highest BCUT2D eigenvalue weighted by Crippen LogP contribution is 2.31. The molecule has 0 saturated heterocycles. The van der Waals surface area contributed by atoms with E-state index in [2.05, 4.69) is 22.4 Å². The van der Waals surface area contributed by atoms with Crippen molar-refractivity contribution in [3.05, 3.63) is 65.2 Å². The number of aliphatic imine (C=N–C) groups is 1. The van der Waals surface area contributed by atoms with E-state index in [0.717, 1.165) is 30.7 Å². The zero-order chi connectivity index (χ0) is 18.6. The summed E-state index contributed by atoms with van der Waals surface area (Å²) in [6.07, 6.45) is 1.70. The molecule has 2 aromatic rings. The van der Waals surface area contributed by atoms with Crippen molar-refractivity contribution in [2.45, 2.75) is 25.4 Å². The third-order valence-corrected chi connectivity index (χ3v) is 5.15. The van der Waals surface area contributed by atoms with Crippen molar-refractivity contribution in [2.75, 3.05) is 19.7 Å². The lowest BCUT2D eigenvalue weighted by Gasteiger charge is -2.29. The molecule has 0 fully saturated rings. The average Bonchev–Trinajstić information content (AvgIpc) is 2.72. The van der Waals surface area contributed by atoms with Gasteiger partial charge in [0, 0.05) is 25.1 Å². The van der Waals surface area contributed by atoms with Crippen LogP contribution in [0.4, 0.5) is 0 Å². The summed E-state index contributed by atoms with van der Waals surface area (Å²) in [5.74, 6) is 1.17. The molecule has 0 spiro atoms. The molecule has 0 aliphatic carbocycles. The first kappa shape index (κ1) is 17.4. The van der Waals surface area contributed by atoms with Gasteiger partial charge in [-0.2, -0.15) is 0 Å². The standard InChI is InChI=1S/C21H24N4O2/c22-21(24-18-10-12-27-19-8-4-3-7-17(18)19)23-13-20(26)25-11-9-15-5-1-2-6-16(15)14-25/h1-8,18H,9-14H2,(H3,22,23,24). The average molecular weight is 364 g/mol. The molecule has 6 nitrogen and oxygen atoms in total. The van der Waals surface area contributed by atoms with Gasteiger partial charge in [-0.3, -0.25) is 4.79 Å². The number of carbonyl (C=O) groups excluding carboxylic acids is 1.